The van der Waals surface area contributed by atoms with Crippen molar-refractivity contribution in [1.82, 2.24) is 4.90 Å². The van der Waals surface area contributed by atoms with E-state index in [-0.39, 0.29) is 30.6 Å². The molecular weight excluding hydrogens is 318 g/mol. The zero-order valence-electron chi connectivity index (χ0n) is 15.0. The lowest BCUT2D eigenvalue weighted by molar-refractivity contribution is -0.158. The van der Waals surface area contributed by atoms with Gasteiger partial charge in [0.05, 0.1) is 25.0 Å². The molecular formula is C20H27NO4. The van der Waals surface area contributed by atoms with Gasteiger partial charge in [0.1, 0.15) is 0 Å². The SMILES string of the molecule is CCOC(=O)[C@@]1(CC)C[C@H]2CC[C@@H]1N2C(=O)Cc1ccc(CO)cc1. The highest BCUT2D eigenvalue weighted by molar-refractivity contribution is 5.84. The van der Waals surface area contributed by atoms with E-state index < -0.39 is 5.41 Å². The number of carbonyl (C=O) groups is 2. The number of amides is 1. The number of nitrogens with zero attached hydrogens (tertiary/aromatic N) is 1. The van der Waals surface area contributed by atoms with Crippen molar-refractivity contribution in [2.45, 2.75) is 64.6 Å². The molecule has 0 unspecified atom stereocenters. The van der Waals surface area contributed by atoms with Gasteiger partial charge in [-0.25, -0.2) is 0 Å². The Morgan fingerprint density at radius 2 is 1.88 bits per heavy atom. The molecule has 0 radical (unpaired) electrons. The van der Waals surface area contributed by atoms with E-state index in [2.05, 4.69) is 0 Å². The van der Waals surface area contributed by atoms with Gasteiger partial charge in [-0.3, -0.25) is 9.59 Å². The van der Waals surface area contributed by atoms with Gasteiger partial charge in [-0.2, -0.15) is 0 Å². The lowest BCUT2D eigenvalue weighted by Gasteiger charge is -2.34. The van der Waals surface area contributed by atoms with Gasteiger partial charge in [-0.15, -0.1) is 0 Å². The fraction of sp³-hybridized carbons (Fsp3) is 0.600. The van der Waals surface area contributed by atoms with E-state index in [1.165, 1.54) is 0 Å². The van der Waals surface area contributed by atoms with Gasteiger partial charge in [-0.05, 0) is 43.7 Å². The maximum absolute atomic E-state index is 12.9. The molecule has 2 heterocycles. The number of aliphatic hydroxyl groups excluding tert-OH is 1. The van der Waals surface area contributed by atoms with E-state index in [4.69, 9.17) is 9.84 Å². The number of esters is 1. The molecule has 0 saturated carbocycles. The number of hydrogen-bond donors (Lipinski definition) is 1. The fourth-order valence-corrected chi connectivity index (χ4v) is 4.61. The van der Waals surface area contributed by atoms with Gasteiger partial charge in [0.15, 0.2) is 0 Å². The smallest absolute Gasteiger partial charge is 0.314 e. The van der Waals surface area contributed by atoms with E-state index in [0.717, 1.165) is 30.4 Å². The molecule has 5 heteroatoms. The van der Waals surface area contributed by atoms with Crippen LogP contribution in [0.3, 0.4) is 0 Å². The summed E-state index contributed by atoms with van der Waals surface area (Å²) in [6.07, 6.45) is 3.62. The molecule has 25 heavy (non-hydrogen) atoms. The molecule has 2 aliphatic rings. The minimum atomic E-state index is -0.532. The van der Waals surface area contributed by atoms with Crippen molar-refractivity contribution in [3.05, 3.63) is 35.4 Å². The summed E-state index contributed by atoms with van der Waals surface area (Å²) in [6, 6.07) is 7.58. The first-order valence-corrected chi connectivity index (χ1v) is 9.22. The largest absolute Gasteiger partial charge is 0.466 e. The van der Waals surface area contributed by atoms with Crippen LogP contribution in [0.1, 0.15) is 50.7 Å². The number of benzene rings is 1. The first-order valence-electron chi connectivity index (χ1n) is 9.22. The highest BCUT2D eigenvalue weighted by Gasteiger charge is 2.60. The van der Waals surface area contributed by atoms with Crippen LogP contribution in [0.4, 0.5) is 0 Å². The summed E-state index contributed by atoms with van der Waals surface area (Å²) in [5, 5.41) is 9.12. The normalized spacial score (nSPS) is 27.6. The van der Waals surface area contributed by atoms with Crippen LogP contribution in [0, 0.1) is 5.41 Å². The second-order valence-corrected chi connectivity index (χ2v) is 7.13. The summed E-state index contributed by atoms with van der Waals surface area (Å²) in [5.74, 6) is -0.0568. The van der Waals surface area contributed by atoms with Crippen molar-refractivity contribution < 1.29 is 19.4 Å². The Morgan fingerprint density at radius 1 is 1.20 bits per heavy atom. The van der Waals surface area contributed by atoms with E-state index in [9.17, 15) is 9.59 Å². The molecule has 0 spiro atoms. The molecule has 136 valence electrons. The van der Waals surface area contributed by atoms with Crippen LogP contribution in [0.5, 0.6) is 0 Å². The van der Waals surface area contributed by atoms with E-state index in [1.54, 1.807) is 0 Å². The molecule has 1 aromatic carbocycles. The Hall–Kier alpha value is -1.88. The van der Waals surface area contributed by atoms with Crippen LogP contribution in [0.15, 0.2) is 24.3 Å². The Morgan fingerprint density at radius 3 is 2.48 bits per heavy atom. The molecule has 3 rings (SSSR count). The second kappa shape index (κ2) is 7.16. The van der Waals surface area contributed by atoms with Crippen molar-refractivity contribution in [3.63, 3.8) is 0 Å². The molecule has 1 aromatic rings. The third-order valence-corrected chi connectivity index (χ3v) is 5.90. The summed E-state index contributed by atoms with van der Waals surface area (Å²) >= 11 is 0. The molecule has 2 bridgehead atoms. The molecule has 5 nitrogen and oxygen atoms in total. The number of aliphatic hydroxyl groups is 1. The molecule has 1 N–H and O–H groups in total. The number of rotatable bonds is 6. The Bertz CT molecular complexity index is 642. The van der Waals surface area contributed by atoms with Crippen molar-refractivity contribution in [3.8, 4) is 0 Å². The van der Waals surface area contributed by atoms with Gasteiger partial charge in [0.2, 0.25) is 5.91 Å². The summed E-state index contributed by atoms with van der Waals surface area (Å²) in [5.41, 5.74) is 1.24. The molecule has 0 aromatic heterocycles. The Labute approximate surface area is 149 Å². The molecule has 2 fully saturated rings. The molecule has 1 amide bonds. The van der Waals surface area contributed by atoms with E-state index in [1.807, 2.05) is 43.0 Å². The topological polar surface area (TPSA) is 66.8 Å². The van der Waals surface area contributed by atoms with Crippen LogP contribution < -0.4 is 0 Å². The van der Waals surface area contributed by atoms with Gasteiger partial charge in [0, 0.05) is 12.1 Å². The average molecular weight is 345 g/mol. The number of fused-ring (bicyclic) bond motifs is 2. The molecule has 3 atom stereocenters. The number of carbonyl (C=O) groups excluding carboxylic acids is 2. The first-order chi connectivity index (χ1) is 12.1. The van der Waals surface area contributed by atoms with Crippen molar-refractivity contribution in [2.24, 2.45) is 5.41 Å². The zero-order valence-corrected chi connectivity index (χ0v) is 15.0. The van der Waals surface area contributed by atoms with Crippen LogP contribution in [-0.4, -0.2) is 40.6 Å². The predicted molar refractivity (Wildman–Crippen MR) is 93.7 cm³/mol. The predicted octanol–water partition coefficient (Wildman–Crippen LogP) is 2.44. The number of ether oxygens (including phenoxy) is 1. The first kappa shape index (κ1) is 17.9. The van der Waals surface area contributed by atoms with Gasteiger partial charge in [0.25, 0.3) is 0 Å². The van der Waals surface area contributed by atoms with E-state index in [0.29, 0.717) is 19.4 Å². The fourth-order valence-electron chi connectivity index (χ4n) is 4.61. The number of hydrogen-bond acceptors (Lipinski definition) is 4. The summed E-state index contributed by atoms with van der Waals surface area (Å²) in [7, 11) is 0. The zero-order chi connectivity index (χ0) is 18.0. The maximum Gasteiger partial charge on any atom is 0.314 e. The van der Waals surface area contributed by atoms with Crippen LogP contribution in [0.2, 0.25) is 0 Å². The van der Waals surface area contributed by atoms with Crippen molar-refractivity contribution in [1.29, 1.82) is 0 Å². The average Bonchev–Trinajstić information content (AvgIpc) is 3.19. The summed E-state index contributed by atoms with van der Waals surface area (Å²) < 4.78 is 5.34. The van der Waals surface area contributed by atoms with Crippen LogP contribution in [0.25, 0.3) is 0 Å². The second-order valence-electron chi connectivity index (χ2n) is 7.13. The van der Waals surface area contributed by atoms with Crippen LogP contribution >= 0.6 is 0 Å². The minimum absolute atomic E-state index is 0.00304. The lowest BCUT2D eigenvalue weighted by atomic mass is 9.72. The molecule has 2 saturated heterocycles. The molecule has 0 aliphatic carbocycles. The Balaban J connectivity index is 1.76. The minimum Gasteiger partial charge on any atom is -0.466 e. The third-order valence-electron chi connectivity index (χ3n) is 5.90. The van der Waals surface area contributed by atoms with Gasteiger partial charge < -0.3 is 14.7 Å². The maximum atomic E-state index is 12.9. The highest BCUT2D eigenvalue weighted by atomic mass is 16.5. The van der Waals surface area contributed by atoms with Gasteiger partial charge >= 0.3 is 5.97 Å². The van der Waals surface area contributed by atoms with Crippen molar-refractivity contribution in [2.75, 3.05) is 6.61 Å². The quantitative estimate of drug-likeness (QED) is 0.804. The van der Waals surface area contributed by atoms with Crippen LogP contribution in [-0.2, 0) is 27.4 Å². The monoisotopic (exact) mass is 345 g/mol. The standard InChI is InChI=1S/C20H27NO4/c1-3-20(19(24)25-4-2)12-16-9-10-17(20)21(16)18(23)11-14-5-7-15(13-22)8-6-14/h5-8,16-17,22H,3-4,9-13H2,1-2H3/t16-,17+,20+/m1/s1. The summed E-state index contributed by atoms with van der Waals surface area (Å²) in [6.45, 7) is 4.23. The van der Waals surface area contributed by atoms with Crippen molar-refractivity contribution >= 4 is 11.9 Å². The molecule has 2 aliphatic heterocycles. The lowest BCUT2D eigenvalue weighted by Crippen LogP contribution is -2.46. The van der Waals surface area contributed by atoms with E-state index >= 15 is 0 Å². The highest BCUT2D eigenvalue weighted by Crippen LogP contribution is 2.52. The third kappa shape index (κ3) is 3.06. The van der Waals surface area contributed by atoms with Gasteiger partial charge in [-0.1, -0.05) is 31.2 Å². The Kier molecular flexibility index (Phi) is 5.13. The summed E-state index contributed by atoms with van der Waals surface area (Å²) in [4.78, 5) is 27.5.